The minimum atomic E-state index is -0.566. The fraction of sp³-hybridized carbons (Fsp3) is 0.421. The van der Waals surface area contributed by atoms with E-state index in [1.54, 1.807) is 17.2 Å². The van der Waals surface area contributed by atoms with Crippen molar-refractivity contribution in [3.63, 3.8) is 0 Å². The second-order valence-corrected chi connectivity index (χ2v) is 8.03. The van der Waals surface area contributed by atoms with Crippen molar-refractivity contribution in [3.8, 4) is 0 Å². The molecule has 0 fully saturated rings. The van der Waals surface area contributed by atoms with E-state index in [0.717, 1.165) is 12.5 Å². The van der Waals surface area contributed by atoms with Gasteiger partial charge in [0.15, 0.2) is 5.69 Å². The first-order valence-corrected chi connectivity index (χ1v) is 10.3. The SMILES string of the molecule is CCOC(=O)c1csc(CN(CCC(C)C)C(=O)c2ccc([N+](=O)[O-])cc2Cl)n1. The molecule has 0 unspecified atom stereocenters. The summed E-state index contributed by atoms with van der Waals surface area (Å²) in [4.78, 5) is 41.1. The van der Waals surface area contributed by atoms with E-state index in [9.17, 15) is 19.7 Å². The molecule has 0 aliphatic carbocycles. The summed E-state index contributed by atoms with van der Waals surface area (Å²) >= 11 is 7.39. The first-order valence-electron chi connectivity index (χ1n) is 9.07. The summed E-state index contributed by atoms with van der Waals surface area (Å²) in [6.07, 6.45) is 0.756. The molecule has 1 aromatic heterocycles. The van der Waals surface area contributed by atoms with E-state index in [-0.39, 0.29) is 41.0 Å². The van der Waals surface area contributed by atoms with Gasteiger partial charge in [-0.15, -0.1) is 11.3 Å². The summed E-state index contributed by atoms with van der Waals surface area (Å²) in [6.45, 7) is 6.71. The normalized spacial score (nSPS) is 10.8. The number of nitrogens with zero attached hydrogens (tertiary/aromatic N) is 3. The zero-order valence-corrected chi connectivity index (χ0v) is 18.0. The Bertz CT molecular complexity index is 900. The molecular formula is C19H22ClN3O5S. The van der Waals surface area contributed by atoms with Gasteiger partial charge in [0.1, 0.15) is 5.01 Å². The number of hydrogen-bond donors (Lipinski definition) is 0. The maximum atomic E-state index is 13.1. The number of thiazole rings is 1. The van der Waals surface area contributed by atoms with E-state index in [2.05, 4.69) is 4.98 Å². The molecule has 1 heterocycles. The number of hydrogen-bond acceptors (Lipinski definition) is 7. The molecule has 0 radical (unpaired) electrons. The number of esters is 1. The van der Waals surface area contributed by atoms with E-state index in [1.165, 1.54) is 23.5 Å². The Morgan fingerprint density at radius 3 is 2.69 bits per heavy atom. The predicted octanol–water partition coefficient (Wildman–Crippen LogP) is 4.57. The highest BCUT2D eigenvalue weighted by Gasteiger charge is 2.22. The Balaban J connectivity index is 2.24. The number of carbonyl (C=O) groups is 2. The van der Waals surface area contributed by atoms with E-state index in [0.29, 0.717) is 17.5 Å². The lowest BCUT2D eigenvalue weighted by Gasteiger charge is -2.23. The lowest BCUT2D eigenvalue weighted by molar-refractivity contribution is -0.384. The second-order valence-electron chi connectivity index (χ2n) is 6.68. The van der Waals surface area contributed by atoms with E-state index >= 15 is 0 Å². The van der Waals surface area contributed by atoms with Crippen LogP contribution in [-0.4, -0.2) is 39.8 Å². The molecule has 2 aromatic rings. The van der Waals surface area contributed by atoms with Crippen LogP contribution in [0.1, 0.15) is 53.0 Å². The summed E-state index contributed by atoms with van der Waals surface area (Å²) < 4.78 is 4.94. The largest absolute Gasteiger partial charge is 0.461 e. The molecule has 0 bridgehead atoms. The van der Waals surface area contributed by atoms with Crippen LogP contribution in [0, 0.1) is 16.0 Å². The van der Waals surface area contributed by atoms with Crippen molar-refractivity contribution in [3.05, 3.63) is 55.0 Å². The van der Waals surface area contributed by atoms with Crippen molar-refractivity contribution in [1.82, 2.24) is 9.88 Å². The van der Waals surface area contributed by atoms with E-state index in [1.807, 2.05) is 13.8 Å². The zero-order chi connectivity index (χ0) is 21.6. The lowest BCUT2D eigenvalue weighted by Crippen LogP contribution is -2.32. The molecule has 156 valence electrons. The molecule has 1 amide bonds. The van der Waals surface area contributed by atoms with Crippen molar-refractivity contribution < 1.29 is 19.2 Å². The Kier molecular flexibility index (Phi) is 8.10. The fourth-order valence-electron chi connectivity index (χ4n) is 2.47. The van der Waals surface area contributed by atoms with Crippen LogP contribution in [-0.2, 0) is 11.3 Å². The molecule has 0 atom stereocenters. The van der Waals surface area contributed by atoms with Gasteiger partial charge in [-0.25, -0.2) is 9.78 Å². The summed E-state index contributed by atoms with van der Waals surface area (Å²) in [5, 5.41) is 13.1. The van der Waals surface area contributed by atoms with Crippen LogP contribution in [0.25, 0.3) is 0 Å². The third-order valence-electron chi connectivity index (χ3n) is 4.02. The Labute approximate surface area is 177 Å². The first kappa shape index (κ1) is 22.8. The van der Waals surface area contributed by atoms with Gasteiger partial charge >= 0.3 is 5.97 Å². The maximum Gasteiger partial charge on any atom is 0.357 e. The van der Waals surface area contributed by atoms with Crippen LogP contribution in [0.15, 0.2) is 23.6 Å². The molecule has 0 N–H and O–H groups in total. The quantitative estimate of drug-likeness (QED) is 0.322. The van der Waals surface area contributed by atoms with Crippen molar-refractivity contribution in [1.29, 1.82) is 0 Å². The highest BCUT2D eigenvalue weighted by atomic mass is 35.5. The Morgan fingerprint density at radius 1 is 1.38 bits per heavy atom. The minimum absolute atomic E-state index is 0.0186. The van der Waals surface area contributed by atoms with Crippen molar-refractivity contribution >= 4 is 40.5 Å². The molecule has 1 aromatic carbocycles. The number of ether oxygens (including phenoxy) is 1. The number of halogens is 1. The minimum Gasteiger partial charge on any atom is -0.461 e. The van der Waals surface area contributed by atoms with Gasteiger partial charge in [-0.05, 0) is 25.3 Å². The standard InChI is InChI=1S/C19H22ClN3O5S/c1-4-28-19(25)16-11-29-17(21-16)10-22(8-7-12(2)3)18(24)14-6-5-13(23(26)27)9-15(14)20/h5-6,9,11-12H,4,7-8,10H2,1-3H3. The second kappa shape index (κ2) is 10.3. The first-order chi connectivity index (χ1) is 13.7. The van der Waals surface area contributed by atoms with Gasteiger partial charge in [-0.1, -0.05) is 25.4 Å². The monoisotopic (exact) mass is 439 g/mol. The third-order valence-corrected chi connectivity index (χ3v) is 5.17. The number of nitro groups is 1. The number of aromatic nitrogens is 1. The molecule has 0 saturated heterocycles. The number of rotatable bonds is 9. The molecule has 29 heavy (non-hydrogen) atoms. The highest BCUT2D eigenvalue weighted by molar-refractivity contribution is 7.09. The molecule has 0 saturated carbocycles. The topological polar surface area (TPSA) is 103 Å². The zero-order valence-electron chi connectivity index (χ0n) is 16.4. The van der Waals surface area contributed by atoms with Crippen molar-refractivity contribution in [2.75, 3.05) is 13.2 Å². The highest BCUT2D eigenvalue weighted by Crippen LogP contribution is 2.25. The molecule has 2 rings (SSSR count). The van der Waals surface area contributed by atoms with E-state index < -0.39 is 10.9 Å². The number of amides is 1. The van der Waals surface area contributed by atoms with Crippen LogP contribution in [0.3, 0.4) is 0 Å². The summed E-state index contributed by atoms with van der Waals surface area (Å²) in [6, 6.07) is 3.77. The smallest absolute Gasteiger partial charge is 0.357 e. The molecular weight excluding hydrogens is 418 g/mol. The number of nitro benzene ring substituents is 1. The van der Waals surface area contributed by atoms with Gasteiger partial charge in [0.2, 0.25) is 0 Å². The third kappa shape index (κ3) is 6.23. The molecule has 8 nitrogen and oxygen atoms in total. The average molecular weight is 440 g/mol. The van der Waals surface area contributed by atoms with Crippen LogP contribution < -0.4 is 0 Å². The fourth-order valence-corrected chi connectivity index (χ4v) is 3.51. The molecule has 0 spiro atoms. The summed E-state index contributed by atoms with van der Waals surface area (Å²) in [5.41, 5.74) is 0.207. The van der Waals surface area contributed by atoms with Gasteiger partial charge in [0.05, 0.1) is 28.7 Å². The summed E-state index contributed by atoms with van der Waals surface area (Å²) in [5.74, 6) is -0.490. The predicted molar refractivity (Wildman–Crippen MR) is 110 cm³/mol. The number of benzene rings is 1. The van der Waals surface area contributed by atoms with Crippen LogP contribution in [0.5, 0.6) is 0 Å². The van der Waals surface area contributed by atoms with Gasteiger partial charge in [0.25, 0.3) is 11.6 Å². The Morgan fingerprint density at radius 2 is 2.10 bits per heavy atom. The molecule has 0 aliphatic rings. The summed E-state index contributed by atoms with van der Waals surface area (Å²) in [7, 11) is 0. The van der Waals surface area contributed by atoms with Crippen molar-refractivity contribution in [2.45, 2.75) is 33.7 Å². The molecule has 0 aliphatic heterocycles. The number of carbonyl (C=O) groups excluding carboxylic acids is 2. The van der Waals surface area contributed by atoms with Crippen LogP contribution in [0.4, 0.5) is 5.69 Å². The van der Waals surface area contributed by atoms with Gasteiger partial charge in [0, 0.05) is 24.1 Å². The average Bonchev–Trinajstić information content (AvgIpc) is 3.13. The lowest BCUT2D eigenvalue weighted by atomic mass is 10.1. The Hall–Kier alpha value is -2.52. The van der Waals surface area contributed by atoms with Gasteiger partial charge in [-0.3, -0.25) is 14.9 Å². The van der Waals surface area contributed by atoms with Crippen molar-refractivity contribution in [2.24, 2.45) is 5.92 Å². The van der Waals surface area contributed by atoms with Crippen LogP contribution >= 0.6 is 22.9 Å². The van der Waals surface area contributed by atoms with Gasteiger partial charge < -0.3 is 9.64 Å². The maximum absolute atomic E-state index is 13.1. The van der Waals surface area contributed by atoms with E-state index in [4.69, 9.17) is 16.3 Å². The van der Waals surface area contributed by atoms with Crippen LogP contribution in [0.2, 0.25) is 5.02 Å². The van der Waals surface area contributed by atoms with Gasteiger partial charge in [-0.2, -0.15) is 0 Å². The number of non-ortho nitro benzene ring substituents is 1. The molecule has 10 heteroatoms.